The molecular weight excluding hydrogens is 376 g/mol. The minimum Gasteiger partial charge on any atom is -0.492 e. The maximum atomic E-state index is 13.0. The lowest BCUT2D eigenvalue weighted by molar-refractivity contribution is -0.125. The molecule has 0 saturated carbocycles. The summed E-state index contributed by atoms with van der Waals surface area (Å²) in [6, 6.07) is 7.31. The first-order chi connectivity index (χ1) is 14.2. The average Bonchev–Trinajstić information content (AvgIpc) is 3.22. The molecule has 29 heavy (non-hydrogen) atoms. The molecule has 0 saturated heterocycles. The van der Waals surface area contributed by atoms with E-state index >= 15 is 0 Å². The first-order valence-corrected chi connectivity index (χ1v) is 9.55. The topological polar surface area (TPSA) is 78.5 Å². The van der Waals surface area contributed by atoms with Crippen LogP contribution in [-0.2, 0) is 17.8 Å². The lowest BCUT2D eigenvalue weighted by atomic mass is 9.95. The highest BCUT2D eigenvalue weighted by molar-refractivity contribution is 5.98. The summed E-state index contributed by atoms with van der Waals surface area (Å²) in [6.07, 6.45) is 0.00569. The SMILES string of the molecule is COc1c2c(c(NC(=O)C3COc4ccccc4O3)c3c1OCO3)CCN(C)C2. The molecule has 0 aliphatic carbocycles. The second-order valence-electron chi connectivity index (χ2n) is 7.27. The van der Waals surface area contributed by atoms with E-state index in [0.29, 0.717) is 41.0 Å². The van der Waals surface area contributed by atoms with Gasteiger partial charge in [0.15, 0.2) is 23.0 Å². The van der Waals surface area contributed by atoms with Crippen molar-refractivity contribution in [2.75, 3.05) is 39.4 Å². The van der Waals surface area contributed by atoms with Crippen molar-refractivity contribution < 1.29 is 28.5 Å². The molecule has 3 aliphatic heterocycles. The van der Waals surface area contributed by atoms with Crippen molar-refractivity contribution in [1.82, 2.24) is 4.90 Å². The minimum absolute atomic E-state index is 0.0870. The molecule has 0 radical (unpaired) electrons. The number of methoxy groups -OCH3 is 1. The molecule has 3 aliphatic rings. The van der Waals surface area contributed by atoms with Crippen LogP contribution in [0.4, 0.5) is 5.69 Å². The average molecular weight is 398 g/mol. The highest BCUT2D eigenvalue weighted by Crippen LogP contribution is 2.52. The van der Waals surface area contributed by atoms with Crippen LogP contribution in [0.15, 0.2) is 24.3 Å². The third-order valence-corrected chi connectivity index (χ3v) is 5.41. The summed E-state index contributed by atoms with van der Waals surface area (Å²) in [5.41, 5.74) is 2.65. The van der Waals surface area contributed by atoms with E-state index in [1.165, 1.54) is 0 Å². The number of para-hydroxylation sites is 2. The number of hydrogen-bond donors (Lipinski definition) is 1. The lowest BCUT2D eigenvalue weighted by Crippen LogP contribution is -2.40. The number of likely N-dealkylation sites (N-methyl/N-ethyl adjacent to an activating group) is 1. The van der Waals surface area contributed by atoms with E-state index in [-0.39, 0.29) is 19.3 Å². The molecule has 8 nitrogen and oxygen atoms in total. The van der Waals surface area contributed by atoms with E-state index < -0.39 is 6.10 Å². The summed E-state index contributed by atoms with van der Waals surface area (Å²) in [5, 5.41) is 3.01. The van der Waals surface area contributed by atoms with Crippen LogP contribution in [0.25, 0.3) is 0 Å². The quantitative estimate of drug-likeness (QED) is 0.849. The Balaban J connectivity index is 1.48. The van der Waals surface area contributed by atoms with Crippen molar-refractivity contribution in [2.45, 2.75) is 19.1 Å². The second-order valence-corrected chi connectivity index (χ2v) is 7.27. The van der Waals surface area contributed by atoms with Gasteiger partial charge in [0.1, 0.15) is 6.61 Å². The van der Waals surface area contributed by atoms with Gasteiger partial charge in [-0.05, 0) is 31.2 Å². The lowest BCUT2D eigenvalue weighted by Gasteiger charge is -2.30. The fourth-order valence-electron chi connectivity index (χ4n) is 3.99. The Labute approximate surface area is 168 Å². The van der Waals surface area contributed by atoms with Crippen molar-refractivity contribution in [3.8, 4) is 28.7 Å². The Morgan fingerprint density at radius 3 is 2.76 bits per heavy atom. The third kappa shape index (κ3) is 3.00. The molecule has 5 rings (SSSR count). The van der Waals surface area contributed by atoms with Gasteiger partial charge in [0, 0.05) is 18.7 Å². The summed E-state index contributed by atoms with van der Waals surface area (Å²) < 4.78 is 28.5. The van der Waals surface area contributed by atoms with Crippen LogP contribution in [0, 0.1) is 0 Å². The number of amides is 1. The number of hydrogen-bond acceptors (Lipinski definition) is 7. The van der Waals surface area contributed by atoms with E-state index in [9.17, 15) is 4.79 Å². The largest absolute Gasteiger partial charge is 0.492 e. The molecule has 1 amide bonds. The Hall–Kier alpha value is -3.13. The van der Waals surface area contributed by atoms with Gasteiger partial charge in [-0.1, -0.05) is 12.1 Å². The first-order valence-electron chi connectivity index (χ1n) is 9.55. The zero-order valence-corrected chi connectivity index (χ0v) is 16.3. The first kappa shape index (κ1) is 17.9. The standard InChI is InChI=1S/C21H22N2O6/c1-23-8-7-12-13(9-23)18(25-2)20-19(27-11-28-20)17(12)22-21(24)16-10-26-14-5-3-4-6-15(14)29-16/h3-6,16H,7-11H2,1-2H3,(H,22,24). The summed E-state index contributed by atoms with van der Waals surface area (Å²) in [5.74, 6) is 2.62. The van der Waals surface area contributed by atoms with Crippen LogP contribution in [-0.4, -0.2) is 51.0 Å². The van der Waals surface area contributed by atoms with E-state index in [2.05, 4.69) is 17.3 Å². The Morgan fingerprint density at radius 1 is 1.14 bits per heavy atom. The Kier molecular flexibility index (Phi) is 4.35. The number of rotatable bonds is 3. The monoisotopic (exact) mass is 398 g/mol. The van der Waals surface area contributed by atoms with Crippen LogP contribution in [0.1, 0.15) is 11.1 Å². The molecule has 2 aromatic carbocycles. The molecule has 0 fully saturated rings. The van der Waals surface area contributed by atoms with Gasteiger partial charge in [-0.2, -0.15) is 0 Å². The predicted molar refractivity (Wildman–Crippen MR) is 104 cm³/mol. The zero-order valence-electron chi connectivity index (χ0n) is 16.3. The normalized spacial score (nSPS) is 19.4. The molecule has 152 valence electrons. The molecule has 1 unspecified atom stereocenters. The number of benzene rings is 2. The van der Waals surface area contributed by atoms with E-state index in [0.717, 1.165) is 24.1 Å². The van der Waals surface area contributed by atoms with Crippen LogP contribution in [0.5, 0.6) is 28.7 Å². The van der Waals surface area contributed by atoms with Gasteiger partial charge in [-0.3, -0.25) is 4.79 Å². The van der Waals surface area contributed by atoms with Crippen molar-refractivity contribution in [1.29, 1.82) is 0 Å². The van der Waals surface area contributed by atoms with Gasteiger partial charge in [-0.25, -0.2) is 0 Å². The molecule has 0 aromatic heterocycles. The molecule has 0 spiro atoms. The van der Waals surface area contributed by atoms with Crippen LogP contribution in [0.3, 0.4) is 0 Å². The fraction of sp³-hybridized carbons (Fsp3) is 0.381. The second kappa shape index (κ2) is 7.04. The Bertz CT molecular complexity index is 976. The zero-order chi connectivity index (χ0) is 20.0. The summed E-state index contributed by atoms with van der Waals surface area (Å²) in [4.78, 5) is 15.2. The van der Waals surface area contributed by atoms with E-state index in [1.54, 1.807) is 13.2 Å². The van der Waals surface area contributed by atoms with Gasteiger partial charge >= 0.3 is 0 Å². The van der Waals surface area contributed by atoms with E-state index in [4.69, 9.17) is 23.7 Å². The minimum atomic E-state index is -0.758. The number of anilines is 1. The summed E-state index contributed by atoms with van der Waals surface area (Å²) in [6.45, 7) is 1.80. The number of nitrogens with one attached hydrogen (secondary N) is 1. The third-order valence-electron chi connectivity index (χ3n) is 5.41. The van der Waals surface area contributed by atoms with Crippen LogP contribution >= 0.6 is 0 Å². The predicted octanol–water partition coefficient (Wildman–Crippen LogP) is 2.19. The van der Waals surface area contributed by atoms with Gasteiger partial charge < -0.3 is 33.9 Å². The molecule has 1 N–H and O–H groups in total. The van der Waals surface area contributed by atoms with E-state index in [1.807, 2.05) is 18.2 Å². The number of carbonyl (C=O) groups is 1. The van der Waals surface area contributed by atoms with Gasteiger partial charge in [0.25, 0.3) is 5.91 Å². The highest BCUT2D eigenvalue weighted by Gasteiger charge is 2.35. The molecule has 3 heterocycles. The number of nitrogens with zero attached hydrogens (tertiary/aromatic N) is 1. The molecule has 0 bridgehead atoms. The van der Waals surface area contributed by atoms with Gasteiger partial charge in [0.05, 0.1) is 12.8 Å². The van der Waals surface area contributed by atoms with Crippen LogP contribution < -0.4 is 29.0 Å². The highest BCUT2D eigenvalue weighted by atomic mass is 16.7. The molecular formula is C21H22N2O6. The van der Waals surface area contributed by atoms with Crippen molar-refractivity contribution in [2.24, 2.45) is 0 Å². The number of fused-ring (bicyclic) bond motifs is 3. The number of ether oxygens (including phenoxy) is 5. The Morgan fingerprint density at radius 2 is 1.93 bits per heavy atom. The van der Waals surface area contributed by atoms with Crippen molar-refractivity contribution in [3.05, 3.63) is 35.4 Å². The smallest absolute Gasteiger partial charge is 0.269 e. The maximum absolute atomic E-state index is 13.0. The fourth-order valence-corrected chi connectivity index (χ4v) is 3.99. The van der Waals surface area contributed by atoms with Crippen molar-refractivity contribution >= 4 is 11.6 Å². The summed E-state index contributed by atoms with van der Waals surface area (Å²) >= 11 is 0. The van der Waals surface area contributed by atoms with Gasteiger partial charge in [0.2, 0.25) is 18.6 Å². The number of carbonyl (C=O) groups excluding carboxylic acids is 1. The maximum Gasteiger partial charge on any atom is 0.269 e. The molecule has 1 atom stereocenters. The van der Waals surface area contributed by atoms with Crippen molar-refractivity contribution in [3.63, 3.8) is 0 Å². The molecule has 8 heteroatoms. The van der Waals surface area contributed by atoms with Crippen LogP contribution in [0.2, 0.25) is 0 Å². The molecule has 2 aromatic rings. The summed E-state index contributed by atoms with van der Waals surface area (Å²) in [7, 11) is 3.67. The van der Waals surface area contributed by atoms with Gasteiger partial charge in [-0.15, -0.1) is 0 Å².